The van der Waals surface area contributed by atoms with Gasteiger partial charge in [0.25, 0.3) is 0 Å². The Kier molecular flexibility index (Phi) is 11.0. The van der Waals surface area contributed by atoms with E-state index in [1.54, 1.807) is 6.08 Å². The van der Waals surface area contributed by atoms with Gasteiger partial charge >= 0.3 is 0 Å². The Morgan fingerprint density at radius 2 is 1.49 bits per heavy atom. The minimum absolute atomic E-state index is 0.133. The maximum absolute atomic E-state index is 13.8. The molecule has 2 fully saturated rings. The zero-order valence-corrected chi connectivity index (χ0v) is 25.1. The number of nitrogens with two attached hydrogens (primary N) is 1. The van der Waals surface area contributed by atoms with Crippen molar-refractivity contribution in [1.29, 1.82) is 0 Å². The highest BCUT2D eigenvalue weighted by Gasteiger charge is 2.26. The summed E-state index contributed by atoms with van der Waals surface area (Å²) in [6, 6.07) is 2.33. The van der Waals surface area contributed by atoms with Gasteiger partial charge in [-0.2, -0.15) is 0 Å². The zero-order chi connectivity index (χ0) is 29.5. The molecular weight excluding hydrogens is 548 g/mol. The van der Waals surface area contributed by atoms with Gasteiger partial charge in [0.1, 0.15) is 35.1 Å². The van der Waals surface area contributed by atoms with E-state index < -0.39 is 5.82 Å². The van der Waals surface area contributed by atoms with Crippen LogP contribution in [0.1, 0.15) is 62.6 Å². The lowest BCUT2D eigenvalue weighted by atomic mass is 9.90. The summed E-state index contributed by atoms with van der Waals surface area (Å²) in [5, 5.41) is 3.80. The molecule has 0 unspecified atom stereocenters. The summed E-state index contributed by atoms with van der Waals surface area (Å²) in [6.07, 6.45) is 15.7. The molecule has 2 saturated carbocycles. The predicted molar refractivity (Wildman–Crippen MR) is 161 cm³/mol. The van der Waals surface area contributed by atoms with Crippen LogP contribution in [-0.2, 0) is 6.42 Å². The summed E-state index contributed by atoms with van der Waals surface area (Å²) in [6.45, 7) is 0. The van der Waals surface area contributed by atoms with Gasteiger partial charge in [0, 0.05) is 36.8 Å². The van der Waals surface area contributed by atoms with Crippen molar-refractivity contribution >= 4 is 34.3 Å². The normalized spacial score (nSPS) is 23.8. The van der Waals surface area contributed by atoms with E-state index in [9.17, 15) is 8.78 Å². The summed E-state index contributed by atoms with van der Waals surface area (Å²) < 4.78 is 26.6. The van der Waals surface area contributed by atoms with Crippen LogP contribution in [0.4, 0.5) is 14.6 Å². The Morgan fingerprint density at radius 3 is 2.10 bits per heavy atom. The van der Waals surface area contributed by atoms with Gasteiger partial charge in [-0.05, 0) is 85.6 Å². The molecule has 0 spiro atoms. The van der Waals surface area contributed by atoms with Gasteiger partial charge in [-0.1, -0.05) is 11.6 Å². The Bertz CT molecular complexity index is 1300. The molecule has 3 aliphatic rings. The summed E-state index contributed by atoms with van der Waals surface area (Å²) in [5.74, 6) is 0.0465. The van der Waals surface area contributed by atoms with Gasteiger partial charge in [-0.3, -0.25) is 0 Å². The van der Waals surface area contributed by atoms with Gasteiger partial charge in [0.2, 0.25) is 0 Å². The van der Waals surface area contributed by atoms with E-state index in [-0.39, 0.29) is 16.4 Å². The van der Waals surface area contributed by atoms with E-state index in [1.165, 1.54) is 57.4 Å². The molecule has 0 aromatic carbocycles. The van der Waals surface area contributed by atoms with Crippen LogP contribution >= 0.6 is 11.6 Å². The molecule has 3 heterocycles. The molecule has 0 bridgehead atoms. The SMILES string of the molecule is CN(C)C1CCC(N)CC1.CN(C)C1CCC(Nc2ncnc3c2C(F)=CC3)CC1.Fc1c[nH]c2ncnc(Cl)c12. The second-order valence-corrected chi connectivity index (χ2v) is 11.8. The number of aromatic amines is 1. The van der Waals surface area contributed by atoms with Gasteiger partial charge in [0.15, 0.2) is 5.82 Å². The highest BCUT2D eigenvalue weighted by molar-refractivity contribution is 6.33. The standard InChI is InChI=1S/C15H21FN4.C8H18N2.C6H3ClFN3/c1-20(2)11-5-3-10(4-6-11)19-15-14-12(16)7-8-13(14)17-9-18-15;1-10(2)8-5-3-7(9)4-6-8;7-5-4-3(8)1-9-6(4)11-2-10-5/h7,9-11H,3-6,8H2,1-2H3,(H,17,18,19);7-8H,3-6,9H2,1-2H3;1-2H,(H,9,10,11). The second-order valence-electron chi connectivity index (χ2n) is 11.5. The molecular formula is C29H42ClF2N9. The van der Waals surface area contributed by atoms with Crippen LogP contribution in [-0.4, -0.2) is 87.1 Å². The van der Waals surface area contributed by atoms with E-state index in [0.29, 0.717) is 41.6 Å². The molecule has 0 aliphatic heterocycles. The number of hydrogen-bond acceptors (Lipinski definition) is 8. The third-order valence-electron chi connectivity index (χ3n) is 8.25. The number of halogens is 3. The number of allylic oxidation sites excluding steroid dienone is 1. The maximum atomic E-state index is 13.8. The van der Waals surface area contributed by atoms with Gasteiger partial charge in [-0.15, -0.1) is 0 Å². The molecule has 3 aromatic heterocycles. The lowest BCUT2D eigenvalue weighted by Crippen LogP contribution is -2.36. The van der Waals surface area contributed by atoms with Crippen molar-refractivity contribution in [1.82, 2.24) is 34.7 Å². The number of rotatable bonds is 4. The summed E-state index contributed by atoms with van der Waals surface area (Å²) in [4.78, 5) is 23.0. The van der Waals surface area contributed by atoms with Crippen LogP contribution in [0.25, 0.3) is 16.9 Å². The number of H-pyrrole nitrogens is 1. The van der Waals surface area contributed by atoms with Crippen molar-refractivity contribution in [2.24, 2.45) is 5.73 Å². The number of nitrogens with one attached hydrogen (secondary N) is 2. The van der Waals surface area contributed by atoms with Gasteiger partial charge < -0.3 is 25.8 Å². The third kappa shape index (κ3) is 8.18. The quantitative estimate of drug-likeness (QED) is 0.356. The van der Waals surface area contributed by atoms with Gasteiger partial charge in [0.05, 0.1) is 16.6 Å². The number of aromatic nitrogens is 5. The van der Waals surface area contributed by atoms with Crippen molar-refractivity contribution in [2.75, 3.05) is 33.5 Å². The Hall–Kier alpha value is -2.73. The van der Waals surface area contributed by atoms with Crippen LogP contribution in [0.3, 0.4) is 0 Å². The number of fused-ring (bicyclic) bond motifs is 2. The largest absolute Gasteiger partial charge is 0.367 e. The van der Waals surface area contributed by atoms with Crippen molar-refractivity contribution < 1.29 is 8.78 Å². The van der Waals surface area contributed by atoms with E-state index in [2.05, 4.69) is 68.2 Å². The average Bonchev–Trinajstić information content (AvgIpc) is 3.53. The lowest BCUT2D eigenvalue weighted by molar-refractivity contribution is 0.217. The second kappa shape index (κ2) is 14.4. The minimum Gasteiger partial charge on any atom is -0.367 e. The summed E-state index contributed by atoms with van der Waals surface area (Å²) in [7, 11) is 8.58. The van der Waals surface area contributed by atoms with Crippen LogP contribution in [0.15, 0.2) is 24.9 Å². The maximum Gasteiger partial charge on any atom is 0.153 e. The molecule has 6 rings (SSSR count). The Morgan fingerprint density at radius 1 is 0.878 bits per heavy atom. The molecule has 3 aliphatic carbocycles. The average molecular weight is 590 g/mol. The molecule has 4 N–H and O–H groups in total. The molecule has 12 heteroatoms. The van der Waals surface area contributed by atoms with Crippen molar-refractivity contribution in [2.45, 2.75) is 82.0 Å². The Labute approximate surface area is 246 Å². The molecule has 9 nitrogen and oxygen atoms in total. The fourth-order valence-electron chi connectivity index (χ4n) is 5.66. The lowest BCUT2D eigenvalue weighted by Gasteiger charge is -2.33. The number of hydrogen-bond donors (Lipinski definition) is 3. The van der Waals surface area contributed by atoms with E-state index in [1.807, 2.05) is 0 Å². The van der Waals surface area contributed by atoms with Crippen LogP contribution in [0, 0.1) is 5.82 Å². The first kappa shape index (κ1) is 31.2. The van der Waals surface area contributed by atoms with E-state index in [4.69, 9.17) is 17.3 Å². The zero-order valence-electron chi connectivity index (χ0n) is 24.4. The van der Waals surface area contributed by atoms with E-state index >= 15 is 0 Å². The highest BCUT2D eigenvalue weighted by atomic mass is 35.5. The van der Waals surface area contributed by atoms with Crippen LogP contribution in [0.2, 0.25) is 5.15 Å². The van der Waals surface area contributed by atoms with Crippen molar-refractivity contribution in [3.05, 3.63) is 47.2 Å². The summed E-state index contributed by atoms with van der Waals surface area (Å²) >= 11 is 5.59. The first-order chi connectivity index (χ1) is 19.6. The molecule has 0 amide bonds. The Balaban J connectivity index is 0.000000156. The van der Waals surface area contributed by atoms with Crippen molar-refractivity contribution in [3.8, 4) is 0 Å². The first-order valence-electron chi connectivity index (χ1n) is 14.3. The third-order valence-corrected chi connectivity index (χ3v) is 8.54. The molecule has 0 atom stereocenters. The van der Waals surface area contributed by atoms with Gasteiger partial charge in [-0.25, -0.2) is 28.7 Å². The molecule has 0 saturated heterocycles. The fraction of sp³-hybridized carbons (Fsp3) is 0.586. The highest BCUT2D eigenvalue weighted by Crippen LogP contribution is 2.33. The molecule has 0 radical (unpaired) electrons. The van der Waals surface area contributed by atoms with Crippen LogP contribution in [0.5, 0.6) is 0 Å². The molecule has 3 aromatic rings. The monoisotopic (exact) mass is 589 g/mol. The van der Waals surface area contributed by atoms with E-state index in [0.717, 1.165) is 24.6 Å². The molecule has 41 heavy (non-hydrogen) atoms. The molecule has 224 valence electrons. The smallest absolute Gasteiger partial charge is 0.153 e. The van der Waals surface area contributed by atoms with Crippen LogP contribution < -0.4 is 11.1 Å². The fourth-order valence-corrected chi connectivity index (χ4v) is 5.89. The predicted octanol–water partition coefficient (Wildman–Crippen LogP) is 5.20. The number of nitrogens with zero attached hydrogens (tertiary/aromatic N) is 6. The van der Waals surface area contributed by atoms with Crippen molar-refractivity contribution in [3.63, 3.8) is 0 Å². The minimum atomic E-state index is -0.425. The summed E-state index contributed by atoms with van der Waals surface area (Å²) in [5.41, 5.74) is 7.56. The topological polar surface area (TPSA) is 112 Å². The first-order valence-corrected chi connectivity index (χ1v) is 14.7. The number of anilines is 1.